The van der Waals surface area contributed by atoms with Crippen LogP contribution in [-0.2, 0) is 0 Å². The molecular formula is C5H11ClN2. The minimum atomic E-state index is 0.264. The summed E-state index contributed by atoms with van der Waals surface area (Å²) in [5.74, 6) is 5.19. The van der Waals surface area contributed by atoms with E-state index in [-0.39, 0.29) is 5.38 Å². The number of nitrogens with two attached hydrogens (primary N) is 1. The zero-order chi connectivity index (χ0) is 5.98. The first-order chi connectivity index (χ1) is 3.84. The molecule has 0 spiro atoms. The van der Waals surface area contributed by atoms with E-state index in [0.717, 1.165) is 12.8 Å². The van der Waals surface area contributed by atoms with Crippen LogP contribution in [0.5, 0.6) is 0 Å². The van der Waals surface area contributed by atoms with Crippen LogP contribution in [-0.4, -0.2) is 11.4 Å². The second kappa shape index (κ2) is 2.67. The second-order valence-electron chi connectivity index (χ2n) is 2.22. The van der Waals surface area contributed by atoms with Crippen molar-refractivity contribution in [1.82, 2.24) is 5.43 Å². The Morgan fingerprint density at radius 3 is 2.50 bits per heavy atom. The number of hydrogen-bond acceptors (Lipinski definition) is 2. The highest BCUT2D eigenvalue weighted by atomic mass is 35.5. The van der Waals surface area contributed by atoms with Crippen LogP contribution in [0.2, 0.25) is 0 Å². The second-order valence-corrected chi connectivity index (χ2v) is 2.78. The highest BCUT2D eigenvalue weighted by Crippen LogP contribution is 2.22. The van der Waals surface area contributed by atoms with Gasteiger partial charge in [-0.15, -0.1) is 11.6 Å². The third-order valence-electron chi connectivity index (χ3n) is 1.65. The van der Waals surface area contributed by atoms with Gasteiger partial charge >= 0.3 is 0 Å². The molecule has 0 radical (unpaired) electrons. The molecule has 3 N–H and O–H groups in total. The van der Waals surface area contributed by atoms with Crippen LogP contribution < -0.4 is 11.3 Å². The molecule has 1 fully saturated rings. The molecule has 0 amide bonds. The molecular weight excluding hydrogens is 124 g/mol. The summed E-state index contributed by atoms with van der Waals surface area (Å²) in [4.78, 5) is 0. The Morgan fingerprint density at radius 1 is 1.50 bits per heavy atom. The standard InChI is InChI=1S/C5H11ClN2/c6-4-2-1-3-5(4)8-7/h4-5,8H,1-3,7H2/t4-,5-/m1/s1. The predicted molar refractivity (Wildman–Crippen MR) is 34.6 cm³/mol. The van der Waals surface area contributed by atoms with E-state index < -0.39 is 0 Å². The van der Waals surface area contributed by atoms with Gasteiger partial charge in [0.1, 0.15) is 0 Å². The molecule has 0 heterocycles. The molecule has 0 aromatic carbocycles. The highest BCUT2D eigenvalue weighted by molar-refractivity contribution is 6.21. The largest absolute Gasteiger partial charge is 0.271 e. The molecule has 0 aliphatic heterocycles. The number of halogens is 1. The summed E-state index contributed by atoms with van der Waals surface area (Å²) in [5, 5.41) is 0.264. The average molecular weight is 135 g/mol. The lowest BCUT2D eigenvalue weighted by Gasteiger charge is -2.09. The lowest BCUT2D eigenvalue weighted by Crippen LogP contribution is -2.38. The molecule has 0 bridgehead atoms. The minimum Gasteiger partial charge on any atom is -0.271 e. The molecule has 2 nitrogen and oxygen atoms in total. The van der Waals surface area contributed by atoms with Crippen molar-refractivity contribution in [3.8, 4) is 0 Å². The lowest BCUT2D eigenvalue weighted by molar-refractivity contribution is 0.549. The maximum atomic E-state index is 5.84. The van der Waals surface area contributed by atoms with Crippen LogP contribution in [0.1, 0.15) is 19.3 Å². The van der Waals surface area contributed by atoms with E-state index >= 15 is 0 Å². The molecule has 0 aromatic rings. The first kappa shape index (κ1) is 6.33. The normalized spacial score (nSPS) is 38.2. The van der Waals surface area contributed by atoms with Crippen molar-refractivity contribution in [2.45, 2.75) is 30.7 Å². The number of hydrazine groups is 1. The molecule has 2 atom stereocenters. The van der Waals surface area contributed by atoms with Crippen molar-refractivity contribution in [2.24, 2.45) is 5.84 Å². The third kappa shape index (κ3) is 1.13. The van der Waals surface area contributed by atoms with E-state index in [2.05, 4.69) is 5.43 Å². The Morgan fingerprint density at radius 2 is 2.25 bits per heavy atom. The van der Waals surface area contributed by atoms with Crippen molar-refractivity contribution < 1.29 is 0 Å². The Kier molecular flexibility index (Phi) is 2.11. The van der Waals surface area contributed by atoms with Crippen LogP contribution >= 0.6 is 11.6 Å². The van der Waals surface area contributed by atoms with Gasteiger partial charge in [-0.05, 0) is 12.8 Å². The van der Waals surface area contributed by atoms with E-state index in [1.165, 1.54) is 6.42 Å². The maximum Gasteiger partial charge on any atom is 0.0502 e. The van der Waals surface area contributed by atoms with Gasteiger partial charge in [-0.2, -0.15) is 0 Å². The van der Waals surface area contributed by atoms with E-state index in [0.29, 0.717) is 6.04 Å². The summed E-state index contributed by atoms with van der Waals surface area (Å²) < 4.78 is 0. The topological polar surface area (TPSA) is 38.0 Å². The van der Waals surface area contributed by atoms with Gasteiger partial charge in [-0.3, -0.25) is 11.3 Å². The summed E-state index contributed by atoms with van der Waals surface area (Å²) in [7, 11) is 0. The molecule has 0 aromatic heterocycles. The number of nitrogens with one attached hydrogen (secondary N) is 1. The van der Waals surface area contributed by atoms with Crippen molar-refractivity contribution in [3.63, 3.8) is 0 Å². The SMILES string of the molecule is NN[C@@H]1CCC[C@H]1Cl. The number of hydrogen-bond donors (Lipinski definition) is 2. The van der Waals surface area contributed by atoms with Crippen LogP contribution in [0.4, 0.5) is 0 Å². The van der Waals surface area contributed by atoms with E-state index in [4.69, 9.17) is 17.4 Å². The minimum absolute atomic E-state index is 0.264. The number of alkyl halides is 1. The monoisotopic (exact) mass is 134 g/mol. The summed E-state index contributed by atoms with van der Waals surface area (Å²) in [6.45, 7) is 0. The zero-order valence-corrected chi connectivity index (χ0v) is 5.49. The van der Waals surface area contributed by atoms with Crippen LogP contribution in [0, 0.1) is 0 Å². The first-order valence-corrected chi connectivity index (χ1v) is 3.38. The summed E-state index contributed by atoms with van der Waals surface area (Å²) >= 11 is 5.84. The van der Waals surface area contributed by atoms with E-state index in [1.807, 2.05) is 0 Å². The quantitative estimate of drug-likeness (QED) is 0.313. The van der Waals surface area contributed by atoms with Crippen molar-refractivity contribution in [3.05, 3.63) is 0 Å². The van der Waals surface area contributed by atoms with Gasteiger partial charge in [0.05, 0.1) is 5.38 Å². The number of rotatable bonds is 1. The molecule has 48 valence electrons. The van der Waals surface area contributed by atoms with Crippen LogP contribution in [0.15, 0.2) is 0 Å². The Balaban J connectivity index is 2.30. The Hall–Kier alpha value is 0.210. The van der Waals surface area contributed by atoms with Crippen LogP contribution in [0.3, 0.4) is 0 Å². The highest BCUT2D eigenvalue weighted by Gasteiger charge is 2.23. The van der Waals surface area contributed by atoms with E-state index in [9.17, 15) is 0 Å². The predicted octanol–water partition coefficient (Wildman–Crippen LogP) is 0.610. The first-order valence-electron chi connectivity index (χ1n) is 2.95. The Labute approximate surface area is 54.4 Å². The van der Waals surface area contributed by atoms with Crippen molar-refractivity contribution >= 4 is 11.6 Å². The van der Waals surface area contributed by atoms with Crippen LogP contribution in [0.25, 0.3) is 0 Å². The van der Waals surface area contributed by atoms with Gasteiger partial charge in [0.15, 0.2) is 0 Å². The molecule has 3 heteroatoms. The van der Waals surface area contributed by atoms with Gasteiger partial charge in [-0.1, -0.05) is 6.42 Å². The fourth-order valence-electron chi connectivity index (χ4n) is 1.10. The summed E-state index contributed by atoms with van der Waals surface area (Å²) in [5.41, 5.74) is 2.68. The average Bonchev–Trinajstić information content (AvgIpc) is 2.14. The van der Waals surface area contributed by atoms with Crippen molar-refractivity contribution in [1.29, 1.82) is 0 Å². The molecule has 0 saturated heterocycles. The van der Waals surface area contributed by atoms with Crippen molar-refractivity contribution in [2.75, 3.05) is 0 Å². The molecule has 1 saturated carbocycles. The Bertz CT molecular complexity index is 76.8. The fraction of sp³-hybridized carbons (Fsp3) is 1.00. The fourth-order valence-corrected chi connectivity index (χ4v) is 1.46. The van der Waals surface area contributed by atoms with E-state index in [1.54, 1.807) is 0 Å². The molecule has 1 aliphatic rings. The molecule has 1 aliphatic carbocycles. The van der Waals surface area contributed by atoms with Gasteiger partial charge in [0, 0.05) is 6.04 Å². The molecule has 0 unspecified atom stereocenters. The summed E-state index contributed by atoms with van der Waals surface area (Å²) in [6.07, 6.45) is 3.45. The molecule has 8 heavy (non-hydrogen) atoms. The maximum absolute atomic E-state index is 5.84. The van der Waals surface area contributed by atoms with Gasteiger partial charge in [0.25, 0.3) is 0 Å². The summed E-state index contributed by atoms with van der Waals surface area (Å²) in [6, 6.07) is 0.358. The van der Waals surface area contributed by atoms with Gasteiger partial charge in [-0.25, -0.2) is 0 Å². The van der Waals surface area contributed by atoms with Gasteiger partial charge < -0.3 is 0 Å². The molecule has 1 rings (SSSR count). The zero-order valence-electron chi connectivity index (χ0n) is 4.73. The third-order valence-corrected chi connectivity index (χ3v) is 2.17. The lowest BCUT2D eigenvalue weighted by atomic mass is 10.3. The smallest absolute Gasteiger partial charge is 0.0502 e. The van der Waals surface area contributed by atoms with Gasteiger partial charge in [0.2, 0.25) is 0 Å².